The number of nitrogens with one attached hydrogen (secondary N) is 1. The number of ether oxygens (including phenoxy) is 1. The monoisotopic (exact) mass is 450 g/mol. The fourth-order valence-corrected chi connectivity index (χ4v) is 5.77. The average Bonchev–Trinajstić information content (AvgIpc) is 3.16. The highest BCUT2D eigenvalue weighted by Gasteiger charge is 2.36. The molecular formula is C25H26N2O4S. The first-order valence-corrected chi connectivity index (χ1v) is 12.0. The van der Waals surface area contributed by atoms with Crippen molar-refractivity contribution in [3.63, 3.8) is 0 Å². The fraction of sp³-hybridized carbons (Fsp3) is 0.240. The Hall–Kier alpha value is -3.32. The van der Waals surface area contributed by atoms with Crippen LogP contribution < -0.4 is 14.4 Å². The Morgan fingerprint density at radius 1 is 1.06 bits per heavy atom. The predicted octanol–water partition coefficient (Wildman–Crippen LogP) is 3.81. The van der Waals surface area contributed by atoms with Gasteiger partial charge in [-0.05, 0) is 67.3 Å². The van der Waals surface area contributed by atoms with E-state index in [1.807, 2.05) is 55.5 Å². The normalized spacial score (nSPS) is 15.3. The summed E-state index contributed by atoms with van der Waals surface area (Å²) in [6, 6.07) is 21.2. The summed E-state index contributed by atoms with van der Waals surface area (Å²) in [6.07, 6.45) is 1.33. The second-order valence-electron chi connectivity index (χ2n) is 7.86. The lowest BCUT2D eigenvalue weighted by molar-refractivity contribution is 0.0954. The molecule has 0 fully saturated rings. The molecule has 1 N–H and O–H groups in total. The topological polar surface area (TPSA) is 75.7 Å². The largest absolute Gasteiger partial charge is 0.497 e. The van der Waals surface area contributed by atoms with E-state index >= 15 is 0 Å². The molecule has 7 heteroatoms. The Morgan fingerprint density at radius 2 is 1.81 bits per heavy atom. The second-order valence-corrected chi connectivity index (χ2v) is 9.68. The average molecular weight is 451 g/mol. The molecule has 0 unspecified atom stereocenters. The molecule has 0 aliphatic carbocycles. The van der Waals surface area contributed by atoms with E-state index in [1.54, 1.807) is 19.2 Å². The molecule has 0 bridgehead atoms. The van der Waals surface area contributed by atoms with Gasteiger partial charge in [0.1, 0.15) is 5.75 Å². The van der Waals surface area contributed by atoms with Crippen LogP contribution in [0.4, 0.5) is 5.69 Å². The van der Waals surface area contributed by atoms with Gasteiger partial charge in [0.25, 0.3) is 15.9 Å². The van der Waals surface area contributed by atoms with Gasteiger partial charge in [0.15, 0.2) is 0 Å². The number of carbonyl (C=O) groups excluding carboxylic acids is 1. The quantitative estimate of drug-likeness (QED) is 0.594. The molecule has 0 aromatic heterocycles. The van der Waals surface area contributed by atoms with E-state index in [2.05, 4.69) is 5.32 Å². The van der Waals surface area contributed by atoms with Crippen LogP contribution in [0.2, 0.25) is 0 Å². The van der Waals surface area contributed by atoms with Gasteiger partial charge in [-0.3, -0.25) is 9.10 Å². The Balaban J connectivity index is 1.47. The summed E-state index contributed by atoms with van der Waals surface area (Å²) in [5.41, 5.74) is 3.11. The van der Waals surface area contributed by atoms with Gasteiger partial charge in [-0.2, -0.15) is 0 Å². The van der Waals surface area contributed by atoms with Crippen molar-refractivity contribution >= 4 is 21.6 Å². The lowest BCUT2D eigenvalue weighted by atomic mass is 10.1. The van der Waals surface area contributed by atoms with E-state index in [9.17, 15) is 13.2 Å². The maximum atomic E-state index is 13.4. The smallest absolute Gasteiger partial charge is 0.264 e. The number of rotatable bonds is 7. The van der Waals surface area contributed by atoms with Crippen molar-refractivity contribution < 1.29 is 17.9 Å². The summed E-state index contributed by atoms with van der Waals surface area (Å²) in [4.78, 5) is 12.8. The summed E-state index contributed by atoms with van der Waals surface area (Å²) < 4.78 is 33.4. The third-order valence-corrected chi connectivity index (χ3v) is 7.58. The zero-order valence-corrected chi connectivity index (χ0v) is 18.9. The van der Waals surface area contributed by atoms with Crippen molar-refractivity contribution in [1.82, 2.24) is 5.32 Å². The first-order chi connectivity index (χ1) is 15.4. The molecular weight excluding hydrogens is 424 g/mol. The number of hydrogen-bond acceptors (Lipinski definition) is 4. The maximum Gasteiger partial charge on any atom is 0.264 e. The summed E-state index contributed by atoms with van der Waals surface area (Å²) >= 11 is 0. The molecule has 3 aromatic carbocycles. The lowest BCUT2D eigenvalue weighted by Crippen LogP contribution is -2.36. The first kappa shape index (κ1) is 21.9. The Morgan fingerprint density at radius 3 is 2.56 bits per heavy atom. The van der Waals surface area contributed by atoms with Crippen molar-refractivity contribution in [1.29, 1.82) is 0 Å². The molecule has 6 nitrogen and oxygen atoms in total. The Bertz CT molecular complexity index is 1220. The van der Waals surface area contributed by atoms with Crippen LogP contribution in [-0.2, 0) is 22.9 Å². The number of anilines is 1. The van der Waals surface area contributed by atoms with Gasteiger partial charge in [0.05, 0.1) is 17.7 Å². The van der Waals surface area contributed by atoms with Gasteiger partial charge in [-0.1, -0.05) is 36.4 Å². The molecule has 0 radical (unpaired) electrons. The molecule has 0 saturated carbocycles. The highest BCUT2D eigenvalue weighted by molar-refractivity contribution is 7.92. The number of fused-ring (bicyclic) bond motifs is 1. The highest BCUT2D eigenvalue weighted by Crippen LogP contribution is 2.36. The minimum Gasteiger partial charge on any atom is -0.497 e. The summed E-state index contributed by atoms with van der Waals surface area (Å²) in [6.45, 7) is 2.34. The maximum absolute atomic E-state index is 13.4. The van der Waals surface area contributed by atoms with Crippen LogP contribution in [0.25, 0.3) is 0 Å². The van der Waals surface area contributed by atoms with Crippen LogP contribution in [0.1, 0.15) is 28.4 Å². The van der Waals surface area contributed by atoms with E-state index < -0.39 is 10.0 Å². The molecule has 3 aromatic rings. The molecule has 1 atom stereocenters. The molecule has 0 spiro atoms. The van der Waals surface area contributed by atoms with Crippen molar-refractivity contribution in [2.75, 3.05) is 18.0 Å². The highest BCUT2D eigenvalue weighted by atomic mass is 32.2. The number of methoxy groups -OCH3 is 1. The second kappa shape index (κ2) is 9.04. The lowest BCUT2D eigenvalue weighted by Gasteiger charge is -2.24. The Kier molecular flexibility index (Phi) is 6.19. The number of nitrogens with zero attached hydrogens (tertiary/aromatic N) is 1. The van der Waals surface area contributed by atoms with Crippen LogP contribution in [0.15, 0.2) is 77.7 Å². The number of sulfonamides is 1. The molecule has 1 aliphatic heterocycles. The van der Waals surface area contributed by atoms with Gasteiger partial charge in [-0.25, -0.2) is 8.42 Å². The number of benzene rings is 3. The van der Waals surface area contributed by atoms with Crippen molar-refractivity contribution in [2.24, 2.45) is 0 Å². The summed E-state index contributed by atoms with van der Waals surface area (Å²) in [7, 11) is -2.17. The van der Waals surface area contributed by atoms with E-state index in [-0.39, 0.29) is 16.8 Å². The van der Waals surface area contributed by atoms with Gasteiger partial charge in [0.2, 0.25) is 0 Å². The van der Waals surface area contributed by atoms with Crippen LogP contribution in [0.5, 0.6) is 5.75 Å². The zero-order chi connectivity index (χ0) is 22.7. The van der Waals surface area contributed by atoms with Crippen LogP contribution in [0, 0.1) is 0 Å². The molecule has 0 saturated heterocycles. The van der Waals surface area contributed by atoms with Crippen LogP contribution in [-0.4, -0.2) is 34.0 Å². The van der Waals surface area contributed by atoms with E-state index in [4.69, 9.17) is 4.74 Å². The third kappa shape index (κ3) is 4.34. The first-order valence-electron chi connectivity index (χ1n) is 10.5. The number of amides is 1. The fourth-order valence-electron chi connectivity index (χ4n) is 4.03. The summed E-state index contributed by atoms with van der Waals surface area (Å²) in [5.74, 6) is 0.483. The van der Waals surface area contributed by atoms with Crippen molar-refractivity contribution in [2.45, 2.75) is 30.7 Å². The number of carbonyl (C=O) groups is 1. The van der Waals surface area contributed by atoms with Crippen LogP contribution >= 0.6 is 0 Å². The van der Waals surface area contributed by atoms with Crippen molar-refractivity contribution in [3.05, 3.63) is 89.5 Å². The van der Waals surface area contributed by atoms with Gasteiger partial charge >= 0.3 is 0 Å². The van der Waals surface area contributed by atoms with E-state index in [0.29, 0.717) is 30.6 Å². The molecule has 166 valence electrons. The van der Waals surface area contributed by atoms with Gasteiger partial charge in [-0.15, -0.1) is 0 Å². The van der Waals surface area contributed by atoms with Crippen LogP contribution in [0.3, 0.4) is 0 Å². The summed E-state index contributed by atoms with van der Waals surface area (Å²) in [5, 5.41) is 2.87. The number of hydrogen-bond donors (Lipinski definition) is 1. The molecule has 1 aliphatic rings. The minimum atomic E-state index is -3.79. The molecule has 32 heavy (non-hydrogen) atoms. The SMILES string of the molecule is COc1ccc(CCNC(=O)c2cccc(S(=O)(=O)N3c4ccccc4C[C@@H]3C)c2)cc1. The molecule has 1 amide bonds. The minimum absolute atomic E-state index is 0.115. The zero-order valence-electron chi connectivity index (χ0n) is 18.1. The standard InChI is InChI=1S/C25H26N2O4S/c1-18-16-20-6-3-4-9-24(20)27(18)32(29,30)23-8-5-7-21(17-23)25(28)26-15-14-19-10-12-22(31-2)13-11-19/h3-13,17-18H,14-16H2,1-2H3,(H,26,28)/t18-/m0/s1. The molecule has 1 heterocycles. The van der Waals surface area contributed by atoms with Crippen molar-refractivity contribution in [3.8, 4) is 5.75 Å². The van der Waals surface area contributed by atoms with E-state index in [1.165, 1.54) is 16.4 Å². The molecule has 4 rings (SSSR count). The number of para-hydroxylation sites is 1. The third-order valence-electron chi connectivity index (χ3n) is 5.66. The van der Waals surface area contributed by atoms with Gasteiger partial charge in [0, 0.05) is 18.2 Å². The predicted molar refractivity (Wildman–Crippen MR) is 125 cm³/mol. The van der Waals surface area contributed by atoms with Gasteiger partial charge < -0.3 is 10.1 Å². The van der Waals surface area contributed by atoms with E-state index in [0.717, 1.165) is 16.9 Å². The Labute approximate surface area is 188 Å².